The van der Waals surface area contributed by atoms with E-state index in [1.54, 1.807) is 15.7 Å². The van der Waals surface area contributed by atoms with Crippen LogP contribution in [0.25, 0.3) is 11.0 Å². The van der Waals surface area contributed by atoms with Gasteiger partial charge in [-0.25, -0.2) is 4.98 Å². The van der Waals surface area contributed by atoms with E-state index < -0.39 is 11.3 Å². The molecule has 2 saturated carbocycles. The molecule has 1 unspecified atom stereocenters. The third kappa shape index (κ3) is 3.12. The number of aromatic nitrogens is 4. The van der Waals surface area contributed by atoms with Gasteiger partial charge in [0.05, 0.1) is 6.04 Å². The molecule has 32 heavy (non-hydrogen) atoms. The Morgan fingerprint density at radius 1 is 1.09 bits per heavy atom. The van der Waals surface area contributed by atoms with Crippen LogP contribution in [0.5, 0.6) is 5.75 Å². The molecule has 1 atom stereocenters. The quantitative estimate of drug-likeness (QED) is 0.668. The average Bonchev–Trinajstić information content (AvgIpc) is 3.28. The Bertz CT molecular complexity index is 1250. The summed E-state index contributed by atoms with van der Waals surface area (Å²) in [5.41, 5.74) is 0.221. The smallest absolute Gasteiger partial charge is 0.315 e. The molecule has 1 amide bonds. The normalized spacial score (nSPS) is 20.1. The molecule has 0 spiro atoms. The summed E-state index contributed by atoms with van der Waals surface area (Å²) in [6.45, 7) is 1.80. The highest BCUT2D eigenvalue weighted by atomic mass is 16.3. The highest BCUT2D eigenvalue weighted by Crippen LogP contribution is 2.40. The van der Waals surface area contributed by atoms with Gasteiger partial charge in [-0.15, -0.1) is 0 Å². The van der Waals surface area contributed by atoms with E-state index >= 15 is 0 Å². The van der Waals surface area contributed by atoms with E-state index in [0.29, 0.717) is 37.3 Å². The maximum atomic E-state index is 13.3. The van der Waals surface area contributed by atoms with Crippen LogP contribution in [0.15, 0.2) is 35.4 Å². The lowest BCUT2D eigenvalue weighted by Gasteiger charge is -2.34. The van der Waals surface area contributed by atoms with E-state index in [2.05, 4.69) is 14.5 Å². The summed E-state index contributed by atoms with van der Waals surface area (Å²) in [4.78, 5) is 36.8. The number of amides is 1. The largest absolute Gasteiger partial charge is 0.501 e. The molecule has 1 aliphatic heterocycles. The molecule has 3 aromatic rings. The van der Waals surface area contributed by atoms with E-state index in [-0.39, 0.29) is 17.6 Å². The van der Waals surface area contributed by atoms with E-state index in [0.717, 1.165) is 49.6 Å². The van der Waals surface area contributed by atoms with E-state index in [1.807, 2.05) is 24.4 Å². The van der Waals surface area contributed by atoms with Crippen LogP contribution in [0.4, 0.5) is 0 Å². The molecule has 0 saturated heterocycles. The van der Waals surface area contributed by atoms with Crippen molar-refractivity contribution in [3.8, 4) is 5.75 Å². The molecule has 2 aliphatic carbocycles. The molecule has 8 heteroatoms. The molecule has 3 aromatic heterocycles. The fourth-order valence-corrected chi connectivity index (χ4v) is 5.53. The van der Waals surface area contributed by atoms with Gasteiger partial charge in [0, 0.05) is 37.4 Å². The highest BCUT2D eigenvalue weighted by molar-refractivity contribution is 5.95. The summed E-state index contributed by atoms with van der Waals surface area (Å²) in [7, 11) is 0. The predicted molar refractivity (Wildman–Crippen MR) is 119 cm³/mol. The minimum Gasteiger partial charge on any atom is -0.501 e. The number of carbonyl (C=O) groups is 1. The molecule has 1 N–H and O–H groups in total. The number of hydrogen-bond acceptors (Lipinski definition) is 5. The number of rotatable bonds is 5. The molecule has 2 fully saturated rings. The molecule has 166 valence electrons. The summed E-state index contributed by atoms with van der Waals surface area (Å²) >= 11 is 0. The van der Waals surface area contributed by atoms with Gasteiger partial charge >= 0.3 is 5.56 Å². The Morgan fingerprint density at radius 2 is 1.91 bits per heavy atom. The lowest BCUT2D eigenvalue weighted by atomic mass is 9.96. The number of hydrogen-bond donors (Lipinski definition) is 1. The Morgan fingerprint density at radius 3 is 2.69 bits per heavy atom. The van der Waals surface area contributed by atoms with Crippen LogP contribution >= 0.6 is 0 Å². The van der Waals surface area contributed by atoms with Gasteiger partial charge < -0.3 is 19.1 Å². The van der Waals surface area contributed by atoms with Crippen molar-refractivity contribution < 1.29 is 9.90 Å². The summed E-state index contributed by atoms with van der Waals surface area (Å²) in [6, 6.07) is 5.76. The van der Waals surface area contributed by atoms with Crippen molar-refractivity contribution in [3.05, 3.63) is 52.5 Å². The van der Waals surface area contributed by atoms with Crippen molar-refractivity contribution in [1.29, 1.82) is 0 Å². The summed E-state index contributed by atoms with van der Waals surface area (Å²) in [6.07, 6.45) is 10.4. The minimum absolute atomic E-state index is 0.0966. The van der Waals surface area contributed by atoms with Crippen LogP contribution in [0.3, 0.4) is 0 Å². The van der Waals surface area contributed by atoms with Gasteiger partial charge in [0.25, 0.3) is 5.91 Å². The van der Waals surface area contributed by atoms with Gasteiger partial charge in [0.2, 0.25) is 5.75 Å². The minimum atomic E-state index is -0.722. The first kappa shape index (κ1) is 19.5. The van der Waals surface area contributed by atoms with Crippen molar-refractivity contribution in [1.82, 2.24) is 24.0 Å². The fourth-order valence-electron chi connectivity index (χ4n) is 5.53. The number of fused-ring (bicyclic) bond motifs is 2. The molecule has 0 bridgehead atoms. The lowest BCUT2D eigenvalue weighted by Crippen LogP contribution is -2.45. The van der Waals surface area contributed by atoms with Crippen LogP contribution in [-0.4, -0.2) is 48.1 Å². The Labute approximate surface area is 185 Å². The van der Waals surface area contributed by atoms with Crippen molar-refractivity contribution in [2.75, 3.05) is 13.1 Å². The second-order valence-corrected chi connectivity index (χ2v) is 9.45. The number of pyridine rings is 1. The maximum Gasteiger partial charge on any atom is 0.315 e. The van der Waals surface area contributed by atoms with Gasteiger partial charge in [0.15, 0.2) is 5.69 Å². The van der Waals surface area contributed by atoms with Gasteiger partial charge in [-0.05, 0) is 55.7 Å². The number of aromatic hydroxyl groups is 1. The number of nitrogens with zero attached hydrogens (tertiary/aromatic N) is 5. The second-order valence-electron chi connectivity index (χ2n) is 9.45. The molecule has 0 aromatic carbocycles. The first-order valence-corrected chi connectivity index (χ1v) is 11.7. The van der Waals surface area contributed by atoms with Crippen LogP contribution in [0.1, 0.15) is 60.9 Å². The summed E-state index contributed by atoms with van der Waals surface area (Å²) < 4.78 is 3.92. The van der Waals surface area contributed by atoms with Crippen LogP contribution < -0.4 is 5.56 Å². The van der Waals surface area contributed by atoms with Gasteiger partial charge in [-0.2, -0.15) is 4.98 Å². The third-order valence-corrected chi connectivity index (χ3v) is 7.33. The Hall–Kier alpha value is -3.16. The van der Waals surface area contributed by atoms with Crippen LogP contribution in [0.2, 0.25) is 0 Å². The SMILES string of the molecule is O=C1c2c(O)c(=O)nc(C(C3CCCC3)n3ccc4cccnc43)n2CCN1CC1CC1. The van der Waals surface area contributed by atoms with E-state index in [1.165, 1.54) is 0 Å². The van der Waals surface area contributed by atoms with E-state index in [9.17, 15) is 14.7 Å². The lowest BCUT2D eigenvalue weighted by molar-refractivity contribution is 0.0682. The zero-order valence-corrected chi connectivity index (χ0v) is 18.0. The number of carbonyl (C=O) groups excluding carboxylic acids is 1. The van der Waals surface area contributed by atoms with Crippen molar-refractivity contribution in [2.45, 2.75) is 51.1 Å². The Balaban J connectivity index is 1.52. The fraction of sp³-hybridized carbons (Fsp3) is 0.500. The topological polar surface area (TPSA) is 93.2 Å². The summed E-state index contributed by atoms with van der Waals surface area (Å²) in [5.74, 6) is 0.615. The monoisotopic (exact) mass is 433 g/mol. The first-order chi connectivity index (χ1) is 15.6. The second kappa shape index (κ2) is 7.46. The molecular weight excluding hydrogens is 406 g/mol. The molecule has 4 heterocycles. The van der Waals surface area contributed by atoms with Crippen molar-refractivity contribution in [2.24, 2.45) is 11.8 Å². The highest BCUT2D eigenvalue weighted by Gasteiger charge is 2.38. The van der Waals surface area contributed by atoms with Crippen LogP contribution in [-0.2, 0) is 6.54 Å². The standard InChI is InChI=1S/C24H27N5O3/c30-20-19-24(32)27(14-15-7-8-15)12-13-29(19)22(26-23(20)31)18(16-4-1-2-5-16)28-11-9-17-6-3-10-25-21(17)28/h3,6,9-11,15-16,18,30H,1-2,4-5,7-8,12-14H2. The zero-order chi connectivity index (χ0) is 21.8. The van der Waals surface area contributed by atoms with Gasteiger partial charge in [0.1, 0.15) is 11.5 Å². The van der Waals surface area contributed by atoms with Crippen LogP contribution in [0, 0.1) is 11.8 Å². The van der Waals surface area contributed by atoms with Gasteiger partial charge in [-0.1, -0.05) is 12.8 Å². The predicted octanol–water partition coefficient (Wildman–Crippen LogP) is 2.94. The molecular formula is C24H27N5O3. The van der Waals surface area contributed by atoms with E-state index in [4.69, 9.17) is 0 Å². The molecule has 8 nitrogen and oxygen atoms in total. The summed E-state index contributed by atoms with van der Waals surface area (Å²) in [5, 5.41) is 11.6. The first-order valence-electron chi connectivity index (χ1n) is 11.7. The Kier molecular flexibility index (Phi) is 4.55. The van der Waals surface area contributed by atoms with Gasteiger partial charge in [-0.3, -0.25) is 9.59 Å². The molecule has 0 radical (unpaired) electrons. The zero-order valence-electron chi connectivity index (χ0n) is 18.0. The van der Waals surface area contributed by atoms with Crippen molar-refractivity contribution in [3.63, 3.8) is 0 Å². The van der Waals surface area contributed by atoms with Crippen molar-refractivity contribution >= 4 is 16.9 Å². The average molecular weight is 434 g/mol. The third-order valence-electron chi connectivity index (χ3n) is 7.33. The molecule has 3 aliphatic rings. The maximum absolute atomic E-state index is 13.3. The molecule has 6 rings (SSSR count).